The van der Waals surface area contributed by atoms with E-state index in [2.05, 4.69) is 0 Å². The van der Waals surface area contributed by atoms with Crippen molar-refractivity contribution in [3.05, 3.63) is 0 Å². The lowest BCUT2D eigenvalue weighted by Crippen LogP contribution is -2.47. The summed E-state index contributed by atoms with van der Waals surface area (Å²) >= 11 is 0. The van der Waals surface area contributed by atoms with Crippen molar-refractivity contribution in [1.29, 1.82) is 0 Å². The molecule has 0 aromatic heterocycles. The lowest BCUT2D eigenvalue weighted by molar-refractivity contribution is -0.205. The summed E-state index contributed by atoms with van der Waals surface area (Å²) in [5.41, 5.74) is 0. The average Bonchev–Trinajstić information content (AvgIpc) is 3.11. The van der Waals surface area contributed by atoms with Crippen LogP contribution in [0.5, 0.6) is 0 Å². The third kappa shape index (κ3) is 8.10. The van der Waals surface area contributed by atoms with Crippen LogP contribution in [0, 0.1) is 0 Å². The molecule has 0 radical (unpaired) electrons. The van der Waals surface area contributed by atoms with Crippen molar-refractivity contribution in [2.24, 2.45) is 0 Å². The molecule has 0 amide bonds. The molecule has 11 nitrogen and oxygen atoms in total. The van der Waals surface area contributed by atoms with Crippen LogP contribution in [-0.4, -0.2) is 67.2 Å². The van der Waals surface area contributed by atoms with Crippen molar-refractivity contribution in [2.45, 2.75) is 97.4 Å². The highest BCUT2D eigenvalue weighted by Gasteiger charge is 2.55. The molecule has 0 saturated carbocycles. The van der Waals surface area contributed by atoms with E-state index in [-0.39, 0.29) is 32.1 Å². The van der Waals surface area contributed by atoms with E-state index in [0.29, 0.717) is 0 Å². The highest BCUT2D eigenvalue weighted by Crippen LogP contribution is 2.32. The van der Waals surface area contributed by atoms with Crippen molar-refractivity contribution in [3.63, 3.8) is 0 Å². The number of carbonyl (C=O) groups excluding carboxylic acids is 5. The summed E-state index contributed by atoms with van der Waals surface area (Å²) in [6.07, 6.45) is -6.30. The lowest BCUT2D eigenvalue weighted by Gasteiger charge is -2.28. The number of esters is 5. The fourth-order valence-corrected chi connectivity index (χ4v) is 2.71. The molecule has 0 aromatic rings. The van der Waals surface area contributed by atoms with Crippen molar-refractivity contribution in [3.8, 4) is 0 Å². The van der Waals surface area contributed by atoms with Crippen molar-refractivity contribution in [1.82, 2.24) is 0 Å². The molecule has 1 aliphatic heterocycles. The number of ether oxygens (including phenoxy) is 6. The fraction of sp³-hybridized carbons (Fsp3) is 0.762. The van der Waals surface area contributed by atoms with E-state index in [9.17, 15) is 24.0 Å². The van der Waals surface area contributed by atoms with Gasteiger partial charge in [-0.3, -0.25) is 24.0 Å². The van der Waals surface area contributed by atoms with Crippen LogP contribution >= 0.6 is 0 Å². The molecule has 32 heavy (non-hydrogen) atoms. The Morgan fingerprint density at radius 2 is 1.12 bits per heavy atom. The summed E-state index contributed by atoms with van der Waals surface area (Å²) in [6, 6.07) is 0. The smallest absolute Gasteiger partial charge is 0.307 e. The Bertz CT molecular complexity index is 675. The highest BCUT2D eigenvalue weighted by atomic mass is 16.8. The topological polar surface area (TPSA) is 141 Å². The van der Waals surface area contributed by atoms with Gasteiger partial charge < -0.3 is 28.4 Å². The first kappa shape index (κ1) is 27.3. The first-order valence-corrected chi connectivity index (χ1v) is 10.8. The standard InChI is InChI=1S/C21H32O11/c1-6-13(22)27-11-12(28-14(23)7-2)18-19(29-15(24)8-3)20(30-16(25)9-4)21(32-18)31-17(26)10-5/h12,18-21H,6-11H2,1-5H3/t12?,18-,19+,20-,21-/m0/s1. The van der Waals surface area contributed by atoms with Crippen LogP contribution in [0.15, 0.2) is 0 Å². The third-order valence-corrected chi connectivity index (χ3v) is 4.49. The minimum atomic E-state index is -1.41. The van der Waals surface area contributed by atoms with Gasteiger partial charge in [-0.1, -0.05) is 34.6 Å². The number of rotatable bonds is 12. The van der Waals surface area contributed by atoms with Gasteiger partial charge in [0.25, 0.3) is 0 Å². The van der Waals surface area contributed by atoms with Gasteiger partial charge in [-0.25, -0.2) is 0 Å². The molecule has 0 spiro atoms. The van der Waals surface area contributed by atoms with Gasteiger partial charge in [0.05, 0.1) is 0 Å². The zero-order chi connectivity index (χ0) is 24.3. The van der Waals surface area contributed by atoms with E-state index in [0.717, 1.165) is 0 Å². The van der Waals surface area contributed by atoms with Crippen LogP contribution in [0.2, 0.25) is 0 Å². The van der Waals surface area contributed by atoms with Crippen molar-refractivity contribution >= 4 is 29.8 Å². The molecular formula is C21H32O11. The molecule has 0 bridgehead atoms. The van der Waals surface area contributed by atoms with Gasteiger partial charge in [0, 0.05) is 32.1 Å². The molecule has 1 saturated heterocycles. The molecule has 1 aliphatic rings. The van der Waals surface area contributed by atoms with Crippen molar-refractivity contribution < 1.29 is 52.4 Å². The summed E-state index contributed by atoms with van der Waals surface area (Å²) < 4.78 is 32.3. The zero-order valence-corrected chi connectivity index (χ0v) is 19.1. The second-order valence-corrected chi connectivity index (χ2v) is 6.85. The Morgan fingerprint density at radius 1 is 0.656 bits per heavy atom. The summed E-state index contributed by atoms with van der Waals surface area (Å²) in [6.45, 7) is 7.45. The Morgan fingerprint density at radius 3 is 1.62 bits per heavy atom. The number of hydrogen-bond acceptors (Lipinski definition) is 11. The summed E-state index contributed by atoms with van der Waals surface area (Å²) in [7, 11) is 0. The van der Waals surface area contributed by atoms with Gasteiger partial charge in [-0.05, 0) is 0 Å². The van der Waals surface area contributed by atoms with Crippen LogP contribution in [0.4, 0.5) is 0 Å². The third-order valence-electron chi connectivity index (χ3n) is 4.49. The minimum Gasteiger partial charge on any atom is -0.462 e. The molecule has 0 aliphatic carbocycles. The quantitative estimate of drug-likeness (QED) is 0.309. The molecule has 182 valence electrons. The summed E-state index contributed by atoms with van der Waals surface area (Å²) in [4.78, 5) is 59.7. The van der Waals surface area contributed by atoms with Crippen LogP contribution < -0.4 is 0 Å². The zero-order valence-electron chi connectivity index (χ0n) is 19.1. The first-order chi connectivity index (χ1) is 15.2. The van der Waals surface area contributed by atoms with E-state index >= 15 is 0 Å². The van der Waals surface area contributed by atoms with E-state index < -0.39 is 67.2 Å². The fourth-order valence-electron chi connectivity index (χ4n) is 2.71. The maximum Gasteiger partial charge on any atom is 0.307 e. The predicted molar refractivity (Wildman–Crippen MR) is 107 cm³/mol. The van der Waals surface area contributed by atoms with E-state index in [4.69, 9.17) is 28.4 Å². The van der Waals surface area contributed by atoms with E-state index in [1.807, 2.05) is 0 Å². The van der Waals surface area contributed by atoms with Gasteiger partial charge in [-0.2, -0.15) is 0 Å². The molecule has 1 fully saturated rings. The van der Waals surface area contributed by atoms with Gasteiger partial charge in [0.15, 0.2) is 12.2 Å². The van der Waals surface area contributed by atoms with Crippen LogP contribution in [-0.2, 0) is 52.4 Å². The molecule has 1 unspecified atom stereocenters. The highest BCUT2D eigenvalue weighted by molar-refractivity contribution is 5.72. The van der Waals surface area contributed by atoms with Crippen molar-refractivity contribution in [2.75, 3.05) is 6.61 Å². The van der Waals surface area contributed by atoms with Crippen LogP contribution in [0.3, 0.4) is 0 Å². The van der Waals surface area contributed by atoms with Crippen LogP contribution in [0.25, 0.3) is 0 Å². The van der Waals surface area contributed by atoms with E-state index in [1.54, 1.807) is 34.6 Å². The number of hydrogen-bond donors (Lipinski definition) is 0. The van der Waals surface area contributed by atoms with E-state index in [1.165, 1.54) is 0 Å². The molecule has 5 atom stereocenters. The summed E-state index contributed by atoms with van der Waals surface area (Å²) in [5, 5.41) is 0. The average molecular weight is 460 g/mol. The SMILES string of the molecule is CCC(=O)OCC(OC(=O)CC)[C@@H]1O[C@H](OC(=O)CC)[C@@H](OC(=O)CC)[C@@H]1OC(=O)CC. The molecule has 1 rings (SSSR count). The minimum absolute atomic E-state index is 0.00130. The second-order valence-electron chi connectivity index (χ2n) is 6.85. The van der Waals surface area contributed by atoms with Gasteiger partial charge in [0.2, 0.25) is 12.4 Å². The maximum atomic E-state index is 12.1. The summed E-state index contributed by atoms with van der Waals surface area (Å²) in [5.74, 6) is -3.11. The molecule has 0 N–H and O–H groups in total. The van der Waals surface area contributed by atoms with Gasteiger partial charge >= 0.3 is 29.8 Å². The largest absolute Gasteiger partial charge is 0.462 e. The Balaban J connectivity index is 3.31. The molecule has 1 heterocycles. The normalized spacial score (nSPS) is 23.0. The van der Waals surface area contributed by atoms with Gasteiger partial charge in [-0.15, -0.1) is 0 Å². The van der Waals surface area contributed by atoms with Crippen LogP contribution in [0.1, 0.15) is 66.7 Å². The Hall–Kier alpha value is -2.69. The molecule has 11 heteroatoms. The Kier molecular flexibility index (Phi) is 11.7. The predicted octanol–water partition coefficient (Wildman–Crippen LogP) is 1.58. The first-order valence-electron chi connectivity index (χ1n) is 10.8. The number of carbonyl (C=O) groups is 5. The van der Waals surface area contributed by atoms with Gasteiger partial charge in [0.1, 0.15) is 12.7 Å². The maximum absolute atomic E-state index is 12.1. The lowest BCUT2D eigenvalue weighted by atomic mass is 10.1. The molecule has 0 aromatic carbocycles. The second kappa shape index (κ2) is 13.7. The monoisotopic (exact) mass is 460 g/mol. The molecular weight excluding hydrogens is 428 g/mol. The Labute approximate surface area is 187 Å².